The van der Waals surface area contributed by atoms with Gasteiger partial charge in [-0.25, -0.2) is 0 Å². The predicted molar refractivity (Wildman–Crippen MR) is 85.3 cm³/mol. The lowest BCUT2D eigenvalue weighted by Gasteiger charge is -2.13. The highest BCUT2D eigenvalue weighted by atomic mass is 16.6. The van der Waals surface area contributed by atoms with Crippen LogP contribution in [0.2, 0.25) is 0 Å². The highest BCUT2D eigenvalue weighted by Crippen LogP contribution is 2.21. The quantitative estimate of drug-likeness (QED) is 0.240. The molecule has 0 spiro atoms. The number of esters is 1. The summed E-state index contributed by atoms with van der Waals surface area (Å²) in [4.78, 5) is 32.8. The highest BCUT2D eigenvalue weighted by Gasteiger charge is 2.23. The first-order valence-electron chi connectivity index (χ1n) is 6.90. The lowest BCUT2D eigenvalue weighted by atomic mass is 9.96. The largest absolute Gasteiger partial charge is 0.468 e. The Hall–Kier alpha value is -2.70. The Bertz CT molecular complexity index is 610. The Kier molecular flexibility index (Phi) is 7.45. The molecule has 0 heterocycles. The first kappa shape index (κ1) is 18.3. The number of aldehydes is 1. The van der Waals surface area contributed by atoms with Gasteiger partial charge in [-0.15, -0.1) is 0 Å². The van der Waals surface area contributed by atoms with Gasteiger partial charge in [0.15, 0.2) is 0 Å². The number of hydrogen-bond donors (Lipinski definition) is 0. The Morgan fingerprint density at radius 3 is 2.43 bits per heavy atom. The van der Waals surface area contributed by atoms with Crippen molar-refractivity contribution in [3.8, 4) is 0 Å². The second kappa shape index (κ2) is 9.34. The molecule has 0 aliphatic carbocycles. The predicted octanol–water partition coefficient (Wildman–Crippen LogP) is 2.06. The fourth-order valence-corrected chi connectivity index (χ4v) is 1.82. The maximum absolute atomic E-state index is 11.7. The number of ether oxygens (including phenoxy) is 1. The van der Waals surface area contributed by atoms with Crippen molar-refractivity contribution in [1.82, 2.24) is 0 Å². The van der Waals surface area contributed by atoms with Crippen LogP contribution >= 0.6 is 0 Å². The second-order valence-corrected chi connectivity index (χ2v) is 4.65. The van der Waals surface area contributed by atoms with Gasteiger partial charge in [0, 0.05) is 0 Å². The minimum absolute atomic E-state index is 0.106. The van der Waals surface area contributed by atoms with Crippen molar-refractivity contribution in [2.24, 2.45) is 10.3 Å². The number of benzene rings is 1. The van der Waals surface area contributed by atoms with E-state index in [-0.39, 0.29) is 6.61 Å². The Balaban J connectivity index is 2.90. The summed E-state index contributed by atoms with van der Waals surface area (Å²) in [5, 5.41) is 7.67. The molecule has 0 aromatic heterocycles. The zero-order chi connectivity index (χ0) is 17.2. The van der Waals surface area contributed by atoms with E-state index in [2.05, 4.69) is 19.9 Å². The molecule has 1 atom stereocenters. The monoisotopic (exact) mass is 320 g/mol. The molecule has 0 amide bonds. The van der Waals surface area contributed by atoms with E-state index >= 15 is 0 Å². The van der Waals surface area contributed by atoms with Crippen LogP contribution in [-0.2, 0) is 30.6 Å². The zero-order valence-corrected chi connectivity index (χ0v) is 13.6. The topological polar surface area (TPSA) is 86.6 Å². The Labute approximate surface area is 134 Å². The zero-order valence-electron chi connectivity index (χ0n) is 13.6. The number of methoxy groups -OCH3 is 1. The first-order chi connectivity index (χ1) is 11.0. The average molecular weight is 320 g/mol. The molecule has 0 saturated heterocycles. The van der Waals surface area contributed by atoms with E-state index in [1.807, 2.05) is 0 Å². The van der Waals surface area contributed by atoms with Gasteiger partial charge in [-0.2, -0.15) is 0 Å². The van der Waals surface area contributed by atoms with Crippen molar-refractivity contribution in [3.63, 3.8) is 0 Å². The van der Waals surface area contributed by atoms with Crippen LogP contribution in [0.3, 0.4) is 0 Å². The third kappa shape index (κ3) is 5.21. The van der Waals surface area contributed by atoms with E-state index in [0.717, 1.165) is 0 Å². The molecule has 1 aromatic rings. The lowest BCUT2D eigenvalue weighted by molar-refractivity contribution is -0.143. The molecule has 7 nitrogen and oxygen atoms in total. The number of nitrogens with zero attached hydrogens (tertiary/aromatic N) is 2. The second-order valence-electron chi connectivity index (χ2n) is 4.65. The van der Waals surface area contributed by atoms with Crippen molar-refractivity contribution in [1.29, 1.82) is 0 Å². The number of hydrogen-bond acceptors (Lipinski definition) is 7. The van der Waals surface area contributed by atoms with Crippen molar-refractivity contribution in [3.05, 3.63) is 35.4 Å². The number of carbonyl (C=O) groups is 2. The van der Waals surface area contributed by atoms with Crippen LogP contribution in [0, 0.1) is 0 Å². The van der Waals surface area contributed by atoms with E-state index in [1.165, 1.54) is 14.2 Å². The molecule has 0 bridgehead atoms. The fraction of sp³-hybridized carbons (Fsp3) is 0.375. The maximum Gasteiger partial charge on any atom is 0.320 e. The van der Waals surface area contributed by atoms with Gasteiger partial charge in [-0.1, -0.05) is 34.6 Å². The molecule has 1 aromatic carbocycles. The van der Waals surface area contributed by atoms with Gasteiger partial charge in [-0.05, 0) is 25.0 Å². The molecule has 1 unspecified atom stereocenters. The van der Waals surface area contributed by atoms with Gasteiger partial charge in [-0.3, -0.25) is 4.79 Å². The molecule has 124 valence electrons. The van der Waals surface area contributed by atoms with Crippen LogP contribution in [-0.4, -0.2) is 37.9 Å². The first-order valence-corrected chi connectivity index (χ1v) is 6.90. The van der Waals surface area contributed by atoms with E-state index in [9.17, 15) is 9.59 Å². The van der Waals surface area contributed by atoms with Crippen molar-refractivity contribution >= 4 is 23.7 Å². The summed E-state index contributed by atoms with van der Waals surface area (Å²) in [5.74, 6) is -1.60. The van der Waals surface area contributed by atoms with E-state index in [1.54, 1.807) is 38.1 Å². The summed E-state index contributed by atoms with van der Waals surface area (Å²) in [6.07, 6.45) is 0.550. The molecule has 1 rings (SSSR count). The smallest absolute Gasteiger partial charge is 0.320 e. The SMILES string of the molecule is CON=C(C)C(C)=NOCc1ccccc1C(C=O)C(=O)OC. The summed E-state index contributed by atoms with van der Waals surface area (Å²) in [5.41, 5.74) is 2.35. The lowest BCUT2D eigenvalue weighted by Crippen LogP contribution is -2.17. The van der Waals surface area contributed by atoms with Crippen LogP contribution in [0.4, 0.5) is 0 Å². The van der Waals surface area contributed by atoms with Crippen LogP contribution in [0.15, 0.2) is 34.6 Å². The molecule has 0 N–H and O–H groups in total. The van der Waals surface area contributed by atoms with Gasteiger partial charge < -0.3 is 19.2 Å². The summed E-state index contributed by atoms with van der Waals surface area (Å²) < 4.78 is 4.65. The summed E-state index contributed by atoms with van der Waals surface area (Å²) in [6, 6.07) is 6.97. The summed E-state index contributed by atoms with van der Waals surface area (Å²) >= 11 is 0. The maximum atomic E-state index is 11.7. The van der Waals surface area contributed by atoms with E-state index < -0.39 is 11.9 Å². The number of carbonyl (C=O) groups excluding carboxylic acids is 2. The van der Waals surface area contributed by atoms with Crippen molar-refractivity contribution in [2.75, 3.05) is 14.2 Å². The van der Waals surface area contributed by atoms with Gasteiger partial charge >= 0.3 is 5.97 Å². The Morgan fingerprint density at radius 2 is 1.83 bits per heavy atom. The Morgan fingerprint density at radius 1 is 1.17 bits per heavy atom. The van der Waals surface area contributed by atoms with Gasteiger partial charge in [0.25, 0.3) is 0 Å². The standard InChI is InChI=1S/C16H20N2O5/c1-11(17-22-4)12(2)18-23-10-13-7-5-6-8-14(13)15(9-19)16(20)21-3/h5-9,15H,10H2,1-4H3. The normalized spacial score (nSPS) is 13.2. The van der Waals surface area contributed by atoms with Crippen molar-refractivity contribution in [2.45, 2.75) is 26.4 Å². The molecular weight excluding hydrogens is 300 g/mol. The average Bonchev–Trinajstić information content (AvgIpc) is 2.56. The third-order valence-corrected chi connectivity index (χ3v) is 3.15. The van der Waals surface area contributed by atoms with E-state index in [4.69, 9.17) is 4.84 Å². The molecule has 0 saturated carbocycles. The van der Waals surface area contributed by atoms with Crippen LogP contribution in [0.5, 0.6) is 0 Å². The molecule has 0 radical (unpaired) electrons. The molecular formula is C16H20N2O5. The number of oxime groups is 2. The molecule has 23 heavy (non-hydrogen) atoms. The summed E-state index contributed by atoms with van der Waals surface area (Å²) in [7, 11) is 2.68. The molecule has 0 fully saturated rings. The van der Waals surface area contributed by atoms with Gasteiger partial charge in [0.2, 0.25) is 0 Å². The van der Waals surface area contributed by atoms with Crippen LogP contribution in [0.25, 0.3) is 0 Å². The fourth-order valence-electron chi connectivity index (χ4n) is 1.82. The molecule has 7 heteroatoms. The van der Waals surface area contributed by atoms with Crippen LogP contribution in [0.1, 0.15) is 30.9 Å². The minimum atomic E-state index is -0.985. The van der Waals surface area contributed by atoms with Gasteiger partial charge in [0.1, 0.15) is 37.3 Å². The van der Waals surface area contributed by atoms with Crippen molar-refractivity contribution < 1.29 is 24.0 Å². The molecule has 0 aliphatic heterocycles. The molecule has 0 aliphatic rings. The third-order valence-electron chi connectivity index (χ3n) is 3.15. The van der Waals surface area contributed by atoms with E-state index in [0.29, 0.717) is 28.8 Å². The minimum Gasteiger partial charge on any atom is -0.468 e. The van der Waals surface area contributed by atoms with Crippen LogP contribution < -0.4 is 0 Å². The van der Waals surface area contributed by atoms with Gasteiger partial charge in [0.05, 0.1) is 7.11 Å². The number of rotatable bonds is 8. The highest BCUT2D eigenvalue weighted by molar-refractivity contribution is 6.40. The summed E-state index contributed by atoms with van der Waals surface area (Å²) in [6.45, 7) is 3.57.